The number of phenols is 1. The SMILES string of the molecule is CC(C)(c1ccccc1)C(CC(=O)O)c1ccc(O)c(-n2nc3ccc(F)cc3n2)c1. The zero-order chi connectivity index (χ0) is 22.2. The van der Waals surface area contributed by atoms with E-state index in [0.29, 0.717) is 16.7 Å². The van der Waals surface area contributed by atoms with E-state index in [0.717, 1.165) is 11.1 Å². The molecule has 0 amide bonds. The van der Waals surface area contributed by atoms with Crippen LogP contribution in [-0.2, 0) is 10.2 Å². The van der Waals surface area contributed by atoms with Crippen LogP contribution in [0.25, 0.3) is 16.7 Å². The molecule has 1 atom stereocenters. The zero-order valence-corrected chi connectivity index (χ0v) is 17.2. The first-order chi connectivity index (χ1) is 14.8. The second-order valence-corrected chi connectivity index (χ2v) is 8.11. The standard InChI is InChI=1S/C24H22FN3O3/c1-24(2,16-6-4-3-5-7-16)18(14-23(30)31)15-8-11-22(29)21(12-15)28-26-19-10-9-17(25)13-20(19)27-28/h3-13,18,29H,14H2,1-2H3,(H,30,31). The molecule has 0 saturated heterocycles. The Morgan fingerprint density at radius 2 is 1.74 bits per heavy atom. The molecule has 31 heavy (non-hydrogen) atoms. The topological polar surface area (TPSA) is 88.2 Å². The van der Waals surface area contributed by atoms with Crippen LogP contribution in [0, 0.1) is 5.82 Å². The molecule has 0 saturated carbocycles. The van der Waals surface area contributed by atoms with Gasteiger partial charge in [0.15, 0.2) is 0 Å². The lowest BCUT2D eigenvalue weighted by Gasteiger charge is -2.35. The van der Waals surface area contributed by atoms with Crippen LogP contribution < -0.4 is 0 Å². The normalized spacial score (nSPS) is 12.7. The monoisotopic (exact) mass is 419 g/mol. The van der Waals surface area contributed by atoms with Crippen molar-refractivity contribution in [3.05, 3.63) is 83.7 Å². The number of benzene rings is 3. The molecule has 0 radical (unpaired) electrons. The Labute approximate surface area is 178 Å². The highest BCUT2D eigenvalue weighted by atomic mass is 19.1. The van der Waals surface area contributed by atoms with Gasteiger partial charge in [-0.1, -0.05) is 50.2 Å². The van der Waals surface area contributed by atoms with Crippen LogP contribution in [0.4, 0.5) is 4.39 Å². The molecule has 158 valence electrons. The summed E-state index contributed by atoms with van der Waals surface area (Å²) in [6.45, 7) is 4.01. The Morgan fingerprint density at radius 1 is 1.03 bits per heavy atom. The molecule has 1 heterocycles. The average molecular weight is 419 g/mol. The van der Waals surface area contributed by atoms with Gasteiger partial charge in [0.05, 0.1) is 6.42 Å². The van der Waals surface area contributed by atoms with Crippen molar-refractivity contribution in [2.45, 2.75) is 31.6 Å². The second-order valence-electron chi connectivity index (χ2n) is 8.11. The largest absolute Gasteiger partial charge is 0.506 e. The number of carbonyl (C=O) groups is 1. The number of hydrogen-bond donors (Lipinski definition) is 2. The van der Waals surface area contributed by atoms with Crippen molar-refractivity contribution in [3.8, 4) is 11.4 Å². The first-order valence-electron chi connectivity index (χ1n) is 9.89. The minimum Gasteiger partial charge on any atom is -0.506 e. The highest BCUT2D eigenvalue weighted by Crippen LogP contribution is 2.42. The summed E-state index contributed by atoms with van der Waals surface area (Å²) < 4.78 is 13.5. The summed E-state index contributed by atoms with van der Waals surface area (Å²) in [7, 11) is 0. The van der Waals surface area contributed by atoms with Crippen LogP contribution in [0.5, 0.6) is 5.75 Å². The van der Waals surface area contributed by atoms with Gasteiger partial charge in [-0.05, 0) is 40.8 Å². The maximum atomic E-state index is 13.5. The lowest BCUT2D eigenvalue weighted by molar-refractivity contribution is -0.137. The van der Waals surface area contributed by atoms with Crippen molar-refractivity contribution in [2.24, 2.45) is 0 Å². The third kappa shape index (κ3) is 3.99. The Hall–Kier alpha value is -3.74. The van der Waals surface area contributed by atoms with Crippen LogP contribution in [0.15, 0.2) is 66.7 Å². The summed E-state index contributed by atoms with van der Waals surface area (Å²) in [6.07, 6.45) is -0.0914. The molecular formula is C24H22FN3O3. The molecule has 2 N–H and O–H groups in total. The van der Waals surface area contributed by atoms with E-state index < -0.39 is 17.2 Å². The Balaban J connectivity index is 1.82. The van der Waals surface area contributed by atoms with E-state index in [1.807, 2.05) is 44.2 Å². The molecule has 1 unspecified atom stereocenters. The third-order valence-electron chi connectivity index (χ3n) is 5.73. The van der Waals surface area contributed by atoms with Gasteiger partial charge in [-0.15, -0.1) is 15.0 Å². The van der Waals surface area contributed by atoms with Gasteiger partial charge in [0.2, 0.25) is 0 Å². The molecule has 3 aromatic carbocycles. The van der Waals surface area contributed by atoms with Crippen molar-refractivity contribution >= 4 is 17.0 Å². The van der Waals surface area contributed by atoms with Crippen LogP contribution in [-0.4, -0.2) is 31.2 Å². The van der Waals surface area contributed by atoms with E-state index in [2.05, 4.69) is 10.2 Å². The maximum Gasteiger partial charge on any atom is 0.303 e. The molecule has 4 rings (SSSR count). The highest BCUT2D eigenvalue weighted by molar-refractivity contribution is 5.74. The molecule has 7 heteroatoms. The average Bonchev–Trinajstić information content (AvgIpc) is 3.16. The number of rotatable bonds is 6. The lowest BCUT2D eigenvalue weighted by Crippen LogP contribution is -2.29. The smallest absolute Gasteiger partial charge is 0.303 e. The van der Waals surface area contributed by atoms with Gasteiger partial charge in [0, 0.05) is 12.0 Å². The van der Waals surface area contributed by atoms with E-state index >= 15 is 0 Å². The van der Waals surface area contributed by atoms with E-state index in [4.69, 9.17) is 0 Å². The fourth-order valence-electron chi connectivity index (χ4n) is 3.95. The minimum absolute atomic E-state index is 0.0591. The molecule has 6 nitrogen and oxygen atoms in total. The van der Waals surface area contributed by atoms with Crippen molar-refractivity contribution in [3.63, 3.8) is 0 Å². The van der Waals surface area contributed by atoms with Gasteiger partial charge in [0.25, 0.3) is 0 Å². The predicted molar refractivity (Wildman–Crippen MR) is 115 cm³/mol. The summed E-state index contributed by atoms with van der Waals surface area (Å²) in [6, 6.07) is 18.7. The predicted octanol–water partition coefficient (Wildman–Crippen LogP) is 4.80. The van der Waals surface area contributed by atoms with Gasteiger partial charge in [-0.3, -0.25) is 4.79 Å². The van der Waals surface area contributed by atoms with Crippen molar-refractivity contribution in [1.82, 2.24) is 15.0 Å². The molecule has 0 bridgehead atoms. The molecule has 0 spiro atoms. The van der Waals surface area contributed by atoms with Gasteiger partial charge < -0.3 is 10.2 Å². The van der Waals surface area contributed by atoms with Gasteiger partial charge in [-0.25, -0.2) is 4.39 Å². The lowest BCUT2D eigenvalue weighted by atomic mass is 9.69. The minimum atomic E-state index is -0.915. The third-order valence-corrected chi connectivity index (χ3v) is 5.73. The zero-order valence-electron chi connectivity index (χ0n) is 17.2. The number of carboxylic acids is 1. The molecule has 0 fully saturated rings. The van der Waals surface area contributed by atoms with E-state index in [9.17, 15) is 19.4 Å². The van der Waals surface area contributed by atoms with Crippen LogP contribution in [0.2, 0.25) is 0 Å². The van der Waals surface area contributed by atoms with Gasteiger partial charge >= 0.3 is 5.97 Å². The Bertz CT molecular complexity index is 1250. The first-order valence-corrected chi connectivity index (χ1v) is 9.89. The number of hydrogen-bond acceptors (Lipinski definition) is 4. The quantitative estimate of drug-likeness (QED) is 0.469. The number of phenolic OH excluding ortho intramolecular Hbond substituents is 1. The van der Waals surface area contributed by atoms with Crippen molar-refractivity contribution < 1.29 is 19.4 Å². The fraction of sp³-hybridized carbons (Fsp3) is 0.208. The van der Waals surface area contributed by atoms with Crippen molar-refractivity contribution in [1.29, 1.82) is 0 Å². The summed E-state index contributed by atoms with van der Waals surface area (Å²) in [4.78, 5) is 13.0. The van der Waals surface area contributed by atoms with Crippen LogP contribution in [0.3, 0.4) is 0 Å². The van der Waals surface area contributed by atoms with E-state index in [-0.39, 0.29) is 18.1 Å². The molecule has 0 aliphatic heterocycles. The highest BCUT2D eigenvalue weighted by Gasteiger charge is 2.34. The Morgan fingerprint density at radius 3 is 2.45 bits per heavy atom. The summed E-state index contributed by atoms with van der Waals surface area (Å²) >= 11 is 0. The molecule has 4 aromatic rings. The first kappa shape index (κ1) is 20.5. The molecule has 0 aliphatic rings. The Kier molecular flexibility index (Phi) is 5.19. The fourth-order valence-corrected chi connectivity index (χ4v) is 3.95. The number of carboxylic acid groups (broad SMARTS) is 1. The van der Waals surface area contributed by atoms with Crippen LogP contribution in [0.1, 0.15) is 37.3 Å². The number of fused-ring (bicyclic) bond motifs is 1. The second kappa shape index (κ2) is 7.83. The summed E-state index contributed by atoms with van der Waals surface area (Å²) in [5.41, 5.74) is 2.38. The summed E-state index contributed by atoms with van der Waals surface area (Å²) in [5.74, 6) is -1.78. The van der Waals surface area contributed by atoms with E-state index in [1.165, 1.54) is 29.1 Å². The van der Waals surface area contributed by atoms with Crippen molar-refractivity contribution in [2.75, 3.05) is 0 Å². The summed E-state index contributed by atoms with van der Waals surface area (Å²) in [5, 5.41) is 28.7. The molecular weight excluding hydrogens is 397 g/mol. The van der Waals surface area contributed by atoms with E-state index in [1.54, 1.807) is 12.1 Å². The van der Waals surface area contributed by atoms with Crippen LogP contribution >= 0.6 is 0 Å². The van der Waals surface area contributed by atoms with Gasteiger partial charge in [0.1, 0.15) is 28.3 Å². The number of nitrogens with zero attached hydrogens (tertiary/aromatic N) is 3. The molecule has 1 aromatic heterocycles. The number of aromatic hydroxyl groups is 1. The number of aromatic nitrogens is 3. The maximum absolute atomic E-state index is 13.5. The van der Waals surface area contributed by atoms with Gasteiger partial charge in [-0.2, -0.15) is 0 Å². The number of halogens is 1. The molecule has 0 aliphatic carbocycles. The number of aliphatic carboxylic acids is 1.